The molecule has 0 amide bonds. The lowest BCUT2D eigenvalue weighted by molar-refractivity contribution is 0.124. The molecule has 0 saturated heterocycles. The lowest BCUT2D eigenvalue weighted by Crippen LogP contribution is -2.52. The minimum Gasteiger partial charge on any atom is -0.394 e. The average molecular weight is 280 g/mol. The van der Waals surface area contributed by atoms with Crippen LogP contribution in [-0.2, 0) is 0 Å². The van der Waals surface area contributed by atoms with Gasteiger partial charge in [0.15, 0.2) is 0 Å². The number of pyridine rings is 1. The molecule has 19 heavy (non-hydrogen) atoms. The number of hydrogen-bond acceptors (Lipinski definition) is 4. The van der Waals surface area contributed by atoms with E-state index in [-0.39, 0.29) is 12.1 Å². The summed E-state index contributed by atoms with van der Waals surface area (Å²) in [7, 11) is 0. The maximum Gasteiger partial charge on any atom is 0.0613 e. The number of rotatable bonds is 6. The molecule has 0 aromatic carbocycles. The zero-order valence-corrected chi connectivity index (χ0v) is 12.5. The van der Waals surface area contributed by atoms with Crippen molar-refractivity contribution in [3.8, 4) is 0 Å². The summed E-state index contributed by atoms with van der Waals surface area (Å²) in [4.78, 5) is 5.34. The minimum absolute atomic E-state index is 0.0566. The summed E-state index contributed by atoms with van der Waals surface area (Å²) in [5, 5.41) is 13.9. The summed E-state index contributed by atoms with van der Waals surface area (Å²) >= 11 is 1.92. The fourth-order valence-corrected chi connectivity index (χ4v) is 4.12. The van der Waals surface area contributed by atoms with Gasteiger partial charge in [0.25, 0.3) is 0 Å². The zero-order chi connectivity index (χ0) is 13.6. The molecule has 0 radical (unpaired) electrons. The number of nitrogens with zero attached hydrogens (tertiary/aromatic N) is 1. The quantitative estimate of drug-likeness (QED) is 0.841. The van der Waals surface area contributed by atoms with Gasteiger partial charge in [-0.2, -0.15) is 0 Å². The fraction of sp³-hybridized carbons (Fsp3) is 0.667. The Morgan fingerprint density at radius 1 is 1.47 bits per heavy atom. The van der Waals surface area contributed by atoms with Gasteiger partial charge >= 0.3 is 0 Å². The van der Waals surface area contributed by atoms with Gasteiger partial charge in [-0.15, -0.1) is 11.8 Å². The monoisotopic (exact) mass is 280 g/mol. The van der Waals surface area contributed by atoms with Gasteiger partial charge in [-0.1, -0.05) is 13.3 Å². The van der Waals surface area contributed by atoms with E-state index in [2.05, 4.69) is 29.4 Å². The van der Waals surface area contributed by atoms with Crippen molar-refractivity contribution in [2.24, 2.45) is 0 Å². The number of aliphatic hydroxyl groups excluding tert-OH is 1. The first kappa shape index (κ1) is 14.8. The topological polar surface area (TPSA) is 45.1 Å². The third-order valence-corrected chi connectivity index (χ3v) is 5.09. The second-order valence-electron chi connectivity index (χ2n) is 5.38. The van der Waals surface area contributed by atoms with E-state index < -0.39 is 0 Å². The van der Waals surface area contributed by atoms with Crippen LogP contribution in [0.3, 0.4) is 0 Å². The van der Waals surface area contributed by atoms with Crippen LogP contribution < -0.4 is 5.32 Å². The van der Waals surface area contributed by atoms with E-state index in [4.69, 9.17) is 0 Å². The molecular weight excluding hydrogens is 256 g/mol. The van der Waals surface area contributed by atoms with Crippen molar-refractivity contribution >= 4 is 11.8 Å². The van der Waals surface area contributed by atoms with E-state index in [1.54, 1.807) is 0 Å². The van der Waals surface area contributed by atoms with Gasteiger partial charge in [0.1, 0.15) is 0 Å². The smallest absolute Gasteiger partial charge is 0.0613 e. The van der Waals surface area contributed by atoms with E-state index in [0.717, 1.165) is 25.8 Å². The predicted octanol–water partition coefficient (Wildman–Crippen LogP) is 2.85. The summed E-state index contributed by atoms with van der Waals surface area (Å²) in [6, 6.07) is 4.14. The first-order valence-electron chi connectivity index (χ1n) is 7.20. The summed E-state index contributed by atoms with van der Waals surface area (Å²) in [5.74, 6) is 0. The predicted molar refractivity (Wildman–Crippen MR) is 80.5 cm³/mol. The van der Waals surface area contributed by atoms with Crippen LogP contribution in [0.1, 0.15) is 39.0 Å². The molecule has 2 rings (SSSR count). The molecule has 2 atom stereocenters. The van der Waals surface area contributed by atoms with Gasteiger partial charge in [-0.3, -0.25) is 4.98 Å². The Bertz CT molecular complexity index is 374. The number of nitrogens with one attached hydrogen (secondary N) is 1. The van der Waals surface area contributed by atoms with E-state index in [1.807, 2.05) is 24.2 Å². The van der Waals surface area contributed by atoms with Crippen LogP contribution in [0.2, 0.25) is 0 Å². The van der Waals surface area contributed by atoms with Crippen molar-refractivity contribution < 1.29 is 5.11 Å². The SMILES string of the molecule is CCCNC1(CO)CCCC(Sc2ccncc2)C1. The molecule has 0 bridgehead atoms. The summed E-state index contributed by atoms with van der Waals surface area (Å²) < 4.78 is 0. The Morgan fingerprint density at radius 2 is 2.26 bits per heavy atom. The van der Waals surface area contributed by atoms with Gasteiger partial charge in [-0.05, 0) is 44.4 Å². The molecule has 1 aliphatic rings. The zero-order valence-electron chi connectivity index (χ0n) is 11.6. The van der Waals surface area contributed by atoms with Gasteiger partial charge < -0.3 is 10.4 Å². The van der Waals surface area contributed by atoms with Crippen molar-refractivity contribution in [1.82, 2.24) is 10.3 Å². The van der Waals surface area contributed by atoms with Crippen LogP contribution in [0.4, 0.5) is 0 Å². The van der Waals surface area contributed by atoms with Gasteiger partial charge in [-0.25, -0.2) is 0 Å². The van der Waals surface area contributed by atoms with Crippen LogP contribution in [0.15, 0.2) is 29.4 Å². The van der Waals surface area contributed by atoms with E-state index in [9.17, 15) is 5.11 Å². The van der Waals surface area contributed by atoms with Crippen LogP contribution >= 0.6 is 11.8 Å². The van der Waals surface area contributed by atoms with Crippen LogP contribution in [0, 0.1) is 0 Å². The molecule has 1 aliphatic carbocycles. The largest absolute Gasteiger partial charge is 0.394 e. The standard InChI is InChI=1S/C15H24N2OS/c1-2-8-17-15(12-18)7-3-4-14(11-15)19-13-5-9-16-10-6-13/h5-6,9-10,14,17-18H,2-4,7-8,11-12H2,1H3. The fourth-order valence-electron chi connectivity index (χ4n) is 2.77. The second kappa shape index (κ2) is 7.27. The molecule has 3 nitrogen and oxygen atoms in total. The van der Waals surface area contributed by atoms with Crippen LogP contribution in [0.5, 0.6) is 0 Å². The first-order chi connectivity index (χ1) is 9.28. The van der Waals surface area contributed by atoms with Crippen LogP contribution in [0.25, 0.3) is 0 Å². The van der Waals surface area contributed by atoms with Crippen molar-refractivity contribution in [2.75, 3.05) is 13.2 Å². The highest BCUT2D eigenvalue weighted by Crippen LogP contribution is 2.38. The highest BCUT2D eigenvalue weighted by Gasteiger charge is 2.35. The molecule has 2 N–H and O–H groups in total. The maximum absolute atomic E-state index is 9.77. The summed E-state index contributed by atoms with van der Waals surface area (Å²) in [6.45, 7) is 3.41. The third-order valence-electron chi connectivity index (χ3n) is 3.80. The van der Waals surface area contributed by atoms with Gasteiger partial charge in [0.05, 0.1) is 6.61 Å². The molecule has 1 heterocycles. The normalized spacial score (nSPS) is 27.4. The Kier molecular flexibility index (Phi) is 5.67. The Balaban J connectivity index is 1.95. The second-order valence-corrected chi connectivity index (χ2v) is 6.76. The Hall–Kier alpha value is -0.580. The van der Waals surface area contributed by atoms with Crippen molar-refractivity contribution in [1.29, 1.82) is 0 Å². The molecule has 106 valence electrons. The van der Waals surface area contributed by atoms with Crippen molar-refractivity contribution in [3.05, 3.63) is 24.5 Å². The molecule has 1 saturated carbocycles. The molecule has 4 heteroatoms. The number of hydrogen-bond donors (Lipinski definition) is 2. The molecule has 0 aliphatic heterocycles. The number of aromatic nitrogens is 1. The van der Waals surface area contributed by atoms with E-state index in [0.29, 0.717) is 5.25 Å². The minimum atomic E-state index is -0.0566. The highest BCUT2D eigenvalue weighted by molar-refractivity contribution is 8.00. The Labute approximate surface area is 120 Å². The lowest BCUT2D eigenvalue weighted by atomic mass is 9.82. The molecule has 2 unspecified atom stereocenters. The third kappa shape index (κ3) is 4.20. The van der Waals surface area contributed by atoms with Gasteiger partial charge in [0, 0.05) is 28.1 Å². The molecular formula is C15H24N2OS. The van der Waals surface area contributed by atoms with E-state index >= 15 is 0 Å². The number of thioether (sulfide) groups is 1. The van der Waals surface area contributed by atoms with Crippen molar-refractivity contribution in [3.63, 3.8) is 0 Å². The first-order valence-corrected chi connectivity index (χ1v) is 8.08. The highest BCUT2D eigenvalue weighted by atomic mass is 32.2. The molecule has 0 spiro atoms. The average Bonchev–Trinajstić information content (AvgIpc) is 2.46. The molecule has 1 aromatic heterocycles. The maximum atomic E-state index is 9.77. The van der Waals surface area contributed by atoms with Gasteiger partial charge in [0.2, 0.25) is 0 Å². The Morgan fingerprint density at radius 3 is 2.95 bits per heavy atom. The van der Waals surface area contributed by atoms with Crippen LogP contribution in [-0.4, -0.2) is 34.0 Å². The van der Waals surface area contributed by atoms with E-state index in [1.165, 1.54) is 17.7 Å². The lowest BCUT2D eigenvalue weighted by Gasteiger charge is -2.40. The molecule has 1 fully saturated rings. The summed E-state index contributed by atoms with van der Waals surface area (Å²) in [6.07, 6.45) is 9.39. The van der Waals surface area contributed by atoms with Crippen molar-refractivity contribution in [2.45, 2.75) is 54.7 Å². The summed E-state index contributed by atoms with van der Waals surface area (Å²) in [5.41, 5.74) is -0.0566. The molecule has 1 aromatic rings. The number of aliphatic hydroxyl groups is 1.